The number of nitrogens with zero attached hydrogens (tertiary/aromatic N) is 4. The molecule has 9 nitrogen and oxygen atoms in total. The van der Waals surface area contributed by atoms with Gasteiger partial charge in [0.1, 0.15) is 0 Å². The molecule has 2 fully saturated rings. The zero-order chi connectivity index (χ0) is 18.8. The number of aliphatic hydroxyl groups excluding tert-OH is 1. The normalized spacial score (nSPS) is 22.3. The molecule has 2 aliphatic rings. The number of nitrogens with one attached hydrogen (secondary N) is 2. The van der Waals surface area contributed by atoms with Crippen LogP contribution in [0.3, 0.4) is 0 Å². The van der Waals surface area contributed by atoms with Crippen molar-refractivity contribution >= 4 is 17.5 Å². The Morgan fingerprint density at radius 1 is 1.07 bits per heavy atom. The quantitative estimate of drug-likeness (QED) is 0.691. The minimum Gasteiger partial charge on any atom is -0.393 e. The average molecular weight is 370 g/mol. The molecule has 0 bridgehead atoms. The van der Waals surface area contributed by atoms with Gasteiger partial charge in [-0.2, -0.15) is 0 Å². The SMILES string of the molecule is O=C(Nc1cccc(-c2nnnn2C2CC2)c1)C(=O)NC1CCC(O)CC1. The van der Waals surface area contributed by atoms with Gasteiger partial charge in [0.05, 0.1) is 12.1 Å². The average Bonchev–Trinajstić information content (AvgIpc) is 3.40. The molecule has 0 aliphatic heterocycles. The number of anilines is 1. The third-order valence-corrected chi connectivity index (χ3v) is 5.00. The number of amides is 2. The highest BCUT2D eigenvalue weighted by molar-refractivity contribution is 6.39. The molecule has 1 heterocycles. The third-order valence-electron chi connectivity index (χ3n) is 5.00. The fourth-order valence-corrected chi connectivity index (χ4v) is 3.34. The maximum absolute atomic E-state index is 12.2. The first-order valence-electron chi connectivity index (χ1n) is 9.28. The van der Waals surface area contributed by atoms with Crippen LogP contribution in [-0.2, 0) is 9.59 Å². The summed E-state index contributed by atoms with van der Waals surface area (Å²) in [6, 6.07) is 7.41. The van der Waals surface area contributed by atoms with E-state index in [9.17, 15) is 14.7 Å². The van der Waals surface area contributed by atoms with E-state index in [0.717, 1.165) is 18.4 Å². The molecule has 142 valence electrons. The van der Waals surface area contributed by atoms with Crippen molar-refractivity contribution in [2.24, 2.45) is 0 Å². The van der Waals surface area contributed by atoms with Gasteiger partial charge in [0.2, 0.25) is 0 Å². The molecule has 0 atom stereocenters. The van der Waals surface area contributed by atoms with Gasteiger partial charge in [-0.15, -0.1) is 5.10 Å². The van der Waals surface area contributed by atoms with E-state index in [4.69, 9.17) is 0 Å². The zero-order valence-electron chi connectivity index (χ0n) is 14.8. The third kappa shape index (κ3) is 4.13. The molecule has 3 N–H and O–H groups in total. The molecule has 0 unspecified atom stereocenters. The molecular formula is C18H22N6O3. The molecule has 1 aromatic heterocycles. The fraction of sp³-hybridized carbons (Fsp3) is 0.500. The predicted octanol–water partition coefficient (Wildman–Crippen LogP) is 1.03. The first kappa shape index (κ1) is 17.6. The molecule has 9 heteroatoms. The Morgan fingerprint density at radius 3 is 2.59 bits per heavy atom. The Labute approximate surface area is 156 Å². The summed E-state index contributed by atoms with van der Waals surface area (Å²) in [5.41, 5.74) is 1.29. The van der Waals surface area contributed by atoms with E-state index in [1.807, 2.05) is 6.07 Å². The Kier molecular flexibility index (Phi) is 4.85. The van der Waals surface area contributed by atoms with Gasteiger partial charge in [-0.1, -0.05) is 12.1 Å². The highest BCUT2D eigenvalue weighted by Crippen LogP contribution is 2.36. The Balaban J connectivity index is 1.39. The van der Waals surface area contributed by atoms with Crippen LogP contribution in [0.15, 0.2) is 24.3 Å². The predicted molar refractivity (Wildman–Crippen MR) is 96.6 cm³/mol. The summed E-state index contributed by atoms with van der Waals surface area (Å²) in [5, 5.41) is 26.7. The van der Waals surface area contributed by atoms with Crippen LogP contribution in [0, 0.1) is 0 Å². The number of hydrogen-bond acceptors (Lipinski definition) is 6. The zero-order valence-corrected chi connectivity index (χ0v) is 14.8. The van der Waals surface area contributed by atoms with Crippen LogP contribution >= 0.6 is 0 Å². The van der Waals surface area contributed by atoms with Crippen molar-refractivity contribution in [3.63, 3.8) is 0 Å². The van der Waals surface area contributed by atoms with Crippen LogP contribution in [-0.4, -0.2) is 49.3 Å². The summed E-state index contributed by atoms with van der Waals surface area (Å²) < 4.78 is 1.80. The number of rotatable bonds is 4. The van der Waals surface area contributed by atoms with Crippen LogP contribution in [0.5, 0.6) is 0 Å². The largest absolute Gasteiger partial charge is 0.393 e. The van der Waals surface area contributed by atoms with E-state index in [0.29, 0.717) is 43.2 Å². The first-order chi connectivity index (χ1) is 13.1. The van der Waals surface area contributed by atoms with Crippen molar-refractivity contribution < 1.29 is 14.7 Å². The second-order valence-corrected chi connectivity index (χ2v) is 7.19. The topological polar surface area (TPSA) is 122 Å². The van der Waals surface area contributed by atoms with Crippen molar-refractivity contribution in [2.75, 3.05) is 5.32 Å². The molecule has 2 aliphatic carbocycles. The summed E-state index contributed by atoms with van der Waals surface area (Å²) in [4.78, 5) is 24.4. The number of aliphatic hydroxyl groups is 1. The number of carbonyl (C=O) groups excluding carboxylic acids is 2. The number of tetrazole rings is 1. The molecule has 0 radical (unpaired) electrons. The van der Waals surface area contributed by atoms with Gasteiger partial charge >= 0.3 is 11.8 Å². The molecule has 0 spiro atoms. The van der Waals surface area contributed by atoms with E-state index in [1.165, 1.54) is 0 Å². The van der Waals surface area contributed by atoms with Crippen LogP contribution in [0.2, 0.25) is 0 Å². The molecule has 2 aromatic rings. The van der Waals surface area contributed by atoms with Crippen molar-refractivity contribution in [1.29, 1.82) is 0 Å². The van der Waals surface area contributed by atoms with Crippen molar-refractivity contribution in [3.05, 3.63) is 24.3 Å². The molecular weight excluding hydrogens is 348 g/mol. The number of carbonyl (C=O) groups is 2. The van der Waals surface area contributed by atoms with Crippen LogP contribution in [0.25, 0.3) is 11.4 Å². The van der Waals surface area contributed by atoms with Gasteiger partial charge in [-0.3, -0.25) is 9.59 Å². The van der Waals surface area contributed by atoms with Crippen LogP contribution in [0.1, 0.15) is 44.6 Å². The van der Waals surface area contributed by atoms with Crippen LogP contribution < -0.4 is 10.6 Å². The van der Waals surface area contributed by atoms with Crippen molar-refractivity contribution in [2.45, 2.75) is 56.7 Å². The molecule has 0 saturated heterocycles. The van der Waals surface area contributed by atoms with E-state index >= 15 is 0 Å². The lowest BCUT2D eigenvalue weighted by molar-refractivity contribution is -0.136. The highest BCUT2D eigenvalue weighted by atomic mass is 16.3. The first-order valence-corrected chi connectivity index (χ1v) is 9.28. The Morgan fingerprint density at radius 2 is 1.85 bits per heavy atom. The summed E-state index contributed by atoms with van der Waals surface area (Å²) in [6.45, 7) is 0. The minimum absolute atomic E-state index is 0.0684. The van der Waals surface area contributed by atoms with Crippen molar-refractivity contribution in [1.82, 2.24) is 25.5 Å². The van der Waals surface area contributed by atoms with E-state index in [1.54, 1.807) is 22.9 Å². The molecule has 4 rings (SSSR count). The lowest BCUT2D eigenvalue weighted by Gasteiger charge is -2.25. The Bertz CT molecular complexity index is 839. The standard InChI is InChI=1S/C18H22N6O3/c25-15-8-4-12(5-9-15)19-17(26)18(27)20-13-3-1-2-11(10-13)16-21-22-23-24(16)14-6-7-14/h1-3,10,12,14-15,25H,4-9H2,(H,19,26)(H,20,27). The van der Waals surface area contributed by atoms with Crippen molar-refractivity contribution in [3.8, 4) is 11.4 Å². The summed E-state index contributed by atoms with van der Waals surface area (Å²) in [7, 11) is 0. The van der Waals surface area contributed by atoms with E-state index in [2.05, 4.69) is 26.2 Å². The van der Waals surface area contributed by atoms with Gasteiger partial charge in [-0.25, -0.2) is 4.68 Å². The van der Waals surface area contributed by atoms with E-state index in [-0.39, 0.29) is 12.1 Å². The second-order valence-electron chi connectivity index (χ2n) is 7.19. The van der Waals surface area contributed by atoms with Gasteiger partial charge in [0.25, 0.3) is 0 Å². The lowest BCUT2D eigenvalue weighted by atomic mass is 9.93. The number of aromatic nitrogens is 4. The maximum atomic E-state index is 12.2. The van der Waals surface area contributed by atoms with Gasteiger partial charge < -0.3 is 15.7 Å². The molecule has 27 heavy (non-hydrogen) atoms. The van der Waals surface area contributed by atoms with Gasteiger partial charge in [0, 0.05) is 17.3 Å². The summed E-state index contributed by atoms with van der Waals surface area (Å²) >= 11 is 0. The number of benzene rings is 1. The summed E-state index contributed by atoms with van der Waals surface area (Å²) in [5.74, 6) is -0.719. The van der Waals surface area contributed by atoms with E-state index < -0.39 is 11.8 Å². The number of hydrogen-bond donors (Lipinski definition) is 3. The maximum Gasteiger partial charge on any atom is 0.313 e. The van der Waals surface area contributed by atoms with Gasteiger partial charge in [0.15, 0.2) is 5.82 Å². The molecule has 2 saturated carbocycles. The minimum atomic E-state index is -0.708. The highest BCUT2D eigenvalue weighted by Gasteiger charge is 2.28. The monoisotopic (exact) mass is 370 g/mol. The summed E-state index contributed by atoms with van der Waals surface area (Å²) in [6.07, 6.45) is 4.47. The lowest BCUT2D eigenvalue weighted by Crippen LogP contribution is -2.43. The molecule has 2 amide bonds. The molecule has 1 aromatic carbocycles. The van der Waals surface area contributed by atoms with Gasteiger partial charge in [-0.05, 0) is 61.1 Å². The Hall–Kier alpha value is -2.81. The smallest absolute Gasteiger partial charge is 0.313 e. The van der Waals surface area contributed by atoms with Crippen LogP contribution in [0.4, 0.5) is 5.69 Å². The fourth-order valence-electron chi connectivity index (χ4n) is 3.34. The second kappa shape index (κ2) is 7.43.